The highest BCUT2D eigenvalue weighted by atomic mass is 16.6. The molecule has 4 unspecified atom stereocenters. The van der Waals surface area contributed by atoms with Crippen LogP contribution in [0.1, 0.15) is 41.0 Å². The Labute approximate surface area is 172 Å². The molecule has 2 aliphatic rings. The molecule has 164 valence electrons. The van der Waals surface area contributed by atoms with Gasteiger partial charge in [0.2, 0.25) is 5.60 Å². The molecule has 8 heteroatoms. The Morgan fingerprint density at radius 1 is 1.38 bits per heavy atom. The fourth-order valence-electron chi connectivity index (χ4n) is 3.82. The minimum absolute atomic E-state index is 0.0640. The molecule has 2 rings (SSSR count). The van der Waals surface area contributed by atoms with E-state index in [-0.39, 0.29) is 24.7 Å². The molecule has 0 bridgehead atoms. The quantitative estimate of drug-likeness (QED) is 0.346. The van der Waals surface area contributed by atoms with Crippen LogP contribution in [-0.4, -0.2) is 83.3 Å². The Bertz CT molecular complexity index is 694. The van der Waals surface area contributed by atoms with E-state index in [0.29, 0.717) is 18.5 Å². The monoisotopic (exact) mass is 411 g/mol. The summed E-state index contributed by atoms with van der Waals surface area (Å²) in [6.07, 6.45) is 3.05. The molecule has 1 fully saturated rings. The summed E-state index contributed by atoms with van der Waals surface area (Å²) in [5.41, 5.74) is -2.65. The topological polar surface area (TPSA) is 106 Å². The van der Waals surface area contributed by atoms with Crippen LogP contribution < -0.4 is 0 Å². The lowest BCUT2D eigenvalue weighted by atomic mass is 9.81. The normalized spacial score (nSPS) is 25.8. The van der Waals surface area contributed by atoms with Crippen LogP contribution in [0.3, 0.4) is 0 Å². The van der Waals surface area contributed by atoms with Crippen LogP contribution in [0.15, 0.2) is 23.3 Å². The van der Waals surface area contributed by atoms with Gasteiger partial charge in [-0.1, -0.05) is 12.2 Å². The zero-order valence-corrected chi connectivity index (χ0v) is 18.1. The van der Waals surface area contributed by atoms with Gasteiger partial charge in [0, 0.05) is 25.8 Å². The number of hydrogen-bond donors (Lipinski definition) is 2. The fraction of sp³-hybridized carbons (Fsp3) is 0.714. The highest BCUT2D eigenvalue weighted by Crippen LogP contribution is 2.33. The van der Waals surface area contributed by atoms with E-state index in [1.54, 1.807) is 19.9 Å². The summed E-state index contributed by atoms with van der Waals surface area (Å²) in [7, 11) is 1.34. The number of carbonyl (C=O) groups is 2. The zero-order valence-electron chi connectivity index (χ0n) is 18.1. The molecule has 4 atom stereocenters. The molecule has 0 aromatic carbocycles. The molecular weight excluding hydrogens is 378 g/mol. The van der Waals surface area contributed by atoms with Crippen molar-refractivity contribution in [2.45, 2.75) is 70.5 Å². The Kier molecular flexibility index (Phi) is 7.27. The summed E-state index contributed by atoms with van der Waals surface area (Å²) in [5, 5.41) is 21.2. The van der Waals surface area contributed by atoms with Gasteiger partial charge in [0.25, 0.3) is 0 Å². The van der Waals surface area contributed by atoms with Crippen molar-refractivity contribution in [2.24, 2.45) is 0 Å². The molecule has 0 spiro atoms. The first-order valence-corrected chi connectivity index (χ1v) is 9.89. The molecule has 0 aromatic heterocycles. The van der Waals surface area contributed by atoms with E-state index in [2.05, 4.69) is 4.90 Å². The number of ether oxygens (including phenoxy) is 3. The molecule has 2 aliphatic heterocycles. The second-order valence-electron chi connectivity index (χ2n) is 8.20. The van der Waals surface area contributed by atoms with Gasteiger partial charge in [-0.2, -0.15) is 0 Å². The predicted octanol–water partition coefficient (Wildman–Crippen LogP) is 0.959. The van der Waals surface area contributed by atoms with Crippen LogP contribution in [0.2, 0.25) is 0 Å². The molecule has 0 radical (unpaired) electrons. The van der Waals surface area contributed by atoms with Crippen molar-refractivity contribution in [3.63, 3.8) is 0 Å². The first kappa shape index (κ1) is 23.5. The molecule has 29 heavy (non-hydrogen) atoms. The average molecular weight is 411 g/mol. The molecule has 1 saturated heterocycles. The lowest BCUT2D eigenvalue weighted by molar-refractivity contribution is -0.216. The lowest BCUT2D eigenvalue weighted by Gasteiger charge is -2.40. The number of aliphatic hydroxyl groups is 2. The van der Waals surface area contributed by atoms with Gasteiger partial charge in [0.1, 0.15) is 18.3 Å². The summed E-state index contributed by atoms with van der Waals surface area (Å²) in [5.74, 6) is -1.32. The van der Waals surface area contributed by atoms with E-state index in [4.69, 9.17) is 14.2 Å². The van der Waals surface area contributed by atoms with Crippen molar-refractivity contribution in [3.8, 4) is 0 Å². The van der Waals surface area contributed by atoms with E-state index in [0.717, 1.165) is 12.1 Å². The van der Waals surface area contributed by atoms with Crippen LogP contribution >= 0.6 is 0 Å². The first-order valence-electron chi connectivity index (χ1n) is 9.89. The predicted molar refractivity (Wildman–Crippen MR) is 106 cm³/mol. The number of methoxy groups -OCH3 is 1. The van der Waals surface area contributed by atoms with Crippen LogP contribution in [0.5, 0.6) is 0 Å². The molecule has 0 amide bonds. The van der Waals surface area contributed by atoms with Crippen LogP contribution in [-0.2, 0) is 23.8 Å². The van der Waals surface area contributed by atoms with Crippen molar-refractivity contribution in [2.75, 3.05) is 26.8 Å². The van der Waals surface area contributed by atoms with Gasteiger partial charge in [-0.3, -0.25) is 4.90 Å². The maximum atomic E-state index is 12.7. The van der Waals surface area contributed by atoms with Crippen LogP contribution in [0.25, 0.3) is 0 Å². The van der Waals surface area contributed by atoms with Crippen molar-refractivity contribution in [1.82, 2.24) is 4.90 Å². The van der Waals surface area contributed by atoms with Crippen LogP contribution in [0, 0.1) is 0 Å². The molecule has 0 aromatic rings. The number of esters is 2. The summed E-state index contributed by atoms with van der Waals surface area (Å²) < 4.78 is 16.1. The van der Waals surface area contributed by atoms with Gasteiger partial charge in [-0.25, -0.2) is 9.59 Å². The Morgan fingerprint density at radius 2 is 2.03 bits per heavy atom. The minimum Gasteiger partial charge on any atom is -0.459 e. The van der Waals surface area contributed by atoms with Gasteiger partial charge in [-0.05, 0) is 46.6 Å². The second-order valence-corrected chi connectivity index (χ2v) is 8.20. The number of allylic oxidation sites excluding steroid dienone is 1. The number of fused-ring (bicyclic) bond motifs is 1. The van der Waals surface area contributed by atoms with Crippen molar-refractivity contribution >= 4 is 11.9 Å². The fourth-order valence-corrected chi connectivity index (χ4v) is 3.82. The maximum absolute atomic E-state index is 12.7. The minimum atomic E-state index is -2.23. The highest BCUT2D eigenvalue weighted by molar-refractivity contribution is 5.87. The van der Waals surface area contributed by atoms with Gasteiger partial charge >= 0.3 is 11.9 Å². The zero-order chi connectivity index (χ0) is 22.0. The first-order chi connectivity index (χ1) is 13.5. The lowest BCUT2D eigenvalue weighted by Crippen LogP contribution is -2.63. The van der Waals surface area contributed by atoms with Crippen LogP contribution in [0.4, 0.5) is 0 Å². The third-order valence-electron chi connectivity index (χ3n) is 5.98. The highest BCUT2D eigenvalue weighted by Gasteiger charge is 2.55. The van der Waals surface area contributed by atoms with E-state index < -0.39 is 23.3 Å². The third kappa shape index (κ3) is 4.55. The summed E-state index contributed by atoms with van der Waals surface area (Å²) >= 11 is 0. The van der Waals surface area contributed by atoms with E-state index >= 15 is 0 Å². The van der Waals surface area contributed by atoms with Crippen molar-refractivity contribution in [1.29, 1.82) is 0 Å². The molecule has 0 saturated carbocycles. The number of hydrogen-bond acceptors (Lipinski definition) is 8. The molecule has 0 aliphatic carbocycles. The summed E-state index contributed by atoms with van der Waals surface area (Å²) in [4.78, 5) is 27.0. The molecule has 2 heterocycles. The SMILES string of the molecule is C/C=C(/C)C(=O)OC1CCN2CC=C(COC(=O)C(O)(C(C)OC)C(C)(C)O)C12. The smallest absolute Gasteiger partial charge is 0.344 e. The van der Waals surface area contributed by atoms with Gasteiger partial charge in [0.05, 0.1) is 12.1 Å². The van der Waals surface area contributed by atoms with E-state index in [9.17, 15) is 19.8 Å². The van der Waals surface area contributed by atoms with Crippen molar-refractivity contribution in [3.05, 3.63) is 23.3 Å². The molecule has 8 nitrogen and oxygen atoms in total. The van der Waals surface area contributed by atoms with Gasteiger partial charge < -0.3 is 24.4 Å². The van der Waals surface area contributed by atoms with Gasteiger partial charge in [-0.15, -0.1) is 0 Å². The standard InChI is InChI=1S/C21H33NO7/c1-7-13(2)18(23)29-16-9-11-22-10-8-15(17(16)22)12-28-19(24)21(26,14(3)27-6)20(4,5)25/h7-8,14,16-17,25-26H,9-12H2,1-6H3/b13-7-. The van der Waals surface area contributed by atoms with E-state index in [1.165, 1.54) is 27.9 Å². The molecule has 2 N–H and O–H groups in total. The third-order valence-corrected chi connectivity index (χ3v) is 5.98. The number of rotatable bonds is 8. The Hall–Kier alpha value is -1.74. The average Bonchev–Trinajstić information content (AvgIpc) is 3.26. The van der Waals surface area contributed by atoms with Crippen molar-refractivity contribution < 1.29 is 34.0 Å². The maximum Gasteiger partial charge on any atom is 0.344 e. The summed E-state index contributed by atoms with van der Waals surface area (Å²) in [6.45, 7) is 9.03. The Morgan fingerprint density at radius 3 is 2.59 bits per heavy atom. The summed E-state index contributed by atoms with van der Waals surface area (Å²) in [6, 6.07) is -0.161. The van der Waals surface area contributed by atoms with Gasteiger partial charge in [0.15, 0.2) is 0 Å². The van der Waals surface area contributed by atoms with E-state index in [1.807, 2.05) is 6.08 Å². The number of carbonyl (C=O) groups excluding carboxylic acids is 2. The second kappa shape index (κ2) is 8.95. The Balaban J connectivity index is 2.08. The molecular formula is C21H33NO7. The largest absolute Gasteiger partial charge is 0.459 e. The number of nitrogens with zero attached hydrogens (tertiary/aromatic N) is 1.